The number of amides is 1. The fraction of sp³-hybridized carbons (Fsp3) is 0.815. The fourth-order valence-electron chi connectivity index (χ4n) is 10.7. The van der Waals surface area contributed by atoms with E-state index in [-0.39, 0.29) is 75.4 Å². The molecule has 5 aliphatic rings. The molecule has 14 heteroatoms. The Morgan fingerprint density at radius 3 is 1.40 bits per heavy atom. The number of alkyl carbamates (subject to hydrolysis) is 1. The van der Waals surface area contributed by atoms with Crippen LogP contribution >= 0.6 is 0 Å². The summed E-state index contributed by atoms with van der Waals surface area (Å²) in [6.07, 6.45) is 29.4. The minimum absolute atomic E-state index is 0.0193. The summed E-state index contributed by atoms with van der Waals surface area (Å²) in [5.41, 5.74) is -1.48. The normalized spacial score (nSPS) is 21.0. The second-order valence-electron chi connectivity index (χ2n) is 20.5. The van der Waals surface area contributed by atoms with Crippen molar-refractivity contribution in [3.63, 3.8) is 0 Å². The average Bonchev–Trinajstić information content (AvgIpc) is 3.83. The fourth-order valence-corrected chi connectivity index (χ4v) is 10.7. The van der Waals surface area contributed by atoms with Gasteiger partial charge in [0.1, 0.15) is 31.8 Å². The predicted octanol–water partition coefficient (Wildman–Crippen LogP) is 10.3. The number of nitrogens with one attached hydrogen (secondary N) is 1. The molecule has 386 valence electrons. The second-order valence-corrected chi connectivity index (χ2v) is 20.5. The van der Waals surface area contributed by atoms with Gasteiger partial charge in [0.05, 0.1) is 19.6 Å². The number of likely N-dealkylation sites (tertiary alicyclic amines) is 1. The highest BCUT2D eigenvalue weighted by Gasteiger charge is 2.52. The van der Waals surface area contributed by atoms with Gasteiger partial charge in [-0.2, -0.15) is 0 Å². The molecule has 0 aromatic carbocycles. The van der Waals surface area contributed by atoms with Crippen molar-refractivity contribution < 1.29 is 57.2 Å². The maximum atomic E-state index is 13.8. The number of esters is 5. The topological polar surface area (TPSA) is 173 Å². The van der Waals surface area contributed by atoms with Gasteiger partial charge in [-0.15, -0.1) is 0 Å². The highest BCUT2D eigenvalue weighted by molar-refractivity contribution is 5.72. The quantitative estimate of drug-likeness (QED) is 0.0270. The van der Waals surface area contributed by atoms with E-state index in [1.165, 1.54) is 44.9 Å². The van der Waals surface area contributed by atoms with Crippen molar-refractivity contribution in [2.75, 3.05) is 65.8 Å². The zero-order valence-electron chi connectivity index (χ0n) is 42.1. The monoisotopic (exact) mass is 957 g/mol. The number of unbranched alkanes of at least 4 members (excludes halogenated alkanes) is 8. The summed E-state index contributed by atoms with van der Waals surface area (Å²) in [5.74, 6) is -0.142. The Morgan fingerprint density at radius 1 is 0.529 bits per heavy atom. The first-order valence-electron chi connectivity index (χ1n) is 26.7. The lowest BCUT2D eigenvalue weighted by Crippen LogP contribution is -2.48. The SMILES string of the molecule is CCCCC/C=C\CCOC(=O)CCCCC(=O)OCC(COC(=O)CCCCC(=O)OCC/C=C\CCCCC)(COC(=O)CC12CC3CC(CC(C3)C1)C2)COC(=O)NCCN1CCCC1. The Bertz CT molecular complexity index is 1470. The average molecular weight is 957 g/mol. The standard InChI is InChI=1S/C54H88N2O12/c1-3-5-7-9-11-13-21-31-63-47(57)23-15-17-25-49(59)65-40-54(43-68-52(62)55-27-30-56-28-19-20-29-56,42-67-51(61)39-53-36-44-33-45(37-53)35-46(34-44)38-53)41-66-50(60)26-18-16-24-48(58)64-32-22-14-12-10-8-6-4-2/h11-14,44-46H,3-10,15-43H2,1-2H3,(H,55,62)/b13-11-,14-12-. The molecule has 68 heavy (non-hydrogen) atoms. The van der Waals surface area contributed by atoms with Gasteiger partial charge in [-0.05, 0) is 152 Å². The summed E-state index contributed by atoms with van der Waals surface area (Å²) in [6.45, 7) is 6.63. The molecule has 1 heterocycles. The van der Waals surface area contributed by atoms with Gasteiger partial charge in [0.2, 0.25) is 0 Å². The summed E-state index contributed by atoms with van der Waals surface area (Å²) in [4.78, 5) is 80.2. The summed E-state index contributed by atoms with van der Waals surface area (Å²) in [7, 11) is 0. The van der Waals surface area contributed by atoms with Crippen molar-refractivity contribution in [3.05, 3.63) is 24.3 Å². The number of allylic oxidation sites excluding steroid dienone is 2. The van der Waals surface area contributed by atoms with Gasteiger partial charge in [0, 0.05) is 38.8 Å². The Balaban J connectivity index is 1.31. The number of carbonyl (C=O) groups excluding carboxylic acids is 6. The summed E-state index contributed by atoms with van der Waals surface area (Å²) < 4.78 is 34.1. The maximum Gasteiger partial charge on any atom is 0.407 e. The molecule has 0 atom stereocenters. The predicted molar refractivity (Wildman–Crippen MR) is 260 cm³/mol. The first-order chi connectivity index (χ1) is 33.0. The van der Waals surface area contributed by atoms with Gasteiger partial charge >= 0.3 is 35.9 Å². The van der Waals surface area contributed by atoms with E-state index in [1.807, 2.05) is 12.2 Å². The molecule has 1 N–H and O–H groups in total. The van der Waals surface area contributed by atoms with E-state index in [1.54, 1.807) is 0 Å². The summed E-state index contributed by atoms with van der Waals surface area (Å²) in [6, 6.07) is 0. The van der Waals surface area contributed by atoms with Crippen LogP contribution in [0, 0.1) is 28.6 Å². The Kier molecular flexibility index (Phi) is 27.3. The molecule has 0 unspecified atom stereocenters. The molecule has 4 aliphatic carbocycles. The lowest BCUT2D eigenvalue weighted by atomic mass is 9.49. The van der Waals surface area contributed by atoms with E-state index < -0.39 is 23.4 Å². The molecule has 1 aliphatic heterocycles. The van der Waals surface area contributed by atoms with Crippen LogP contribution in [0.5, 0.6) is 0 Å². The molecule has 1 amide bonds. The van der Waals surface area contributed by atoms with Crippen LogP contribution in [0.15, 0.2) is 24.3 Å². The van der Waals surface area contributed by atoms with Gasteiger partial charge < -0.3 is 38.6 Å². The van der Waals surface area contributed by atoms with Gasteiger partial charge in [-0.25, -0.2) is 4.79 Å². The number of ether oxygens (including phenoxy) is 6. The van der Waals surface area contributed by atoms with Crippen molar-refractivity contribution in [2.45, 2.75) is 187 Å². The molecular formula is C54H88N2O12. The van der Waals surface area contributed by atoms with Crippen LogP contribution in [0.3, 0.4) is 0 Å². The molecular weight excluding hydrogens is 869 g/mol. The van der Waals surface area contributed by atoms with E-state index in [4.69, 9.17) is 28.4 Å². The second kappa shape index (κ2) is 32.8. The Hall–Kier alpha value is -3.94. The van der Waals surface area contributed by atoms with Gasteiger partial charge in [-0.3, -0.25) is 24.0 Å². The van der Waals surface area contributed by atoms with Crippen LogP contribution < -0.4 is 5.32 Å². The van der Waals surface area contributed by atoms with E-state index in [9.17, 15) is 28.8 Å². The van der Waals surface area contributed by atoms with E-state index in [2.05, 4.69) is 36.2 Å². The van der Waals surface area contributed by atoms with E-state index in [0.29, 0.717) is 89.0 Å². The zero-order valence-corrected chi connectivity index (χ0v) is 42.1. The van der Waals surface area contributed by atoms with Gasteiger partial charge in [-0.1, -0.05) is 63.8 Å². The van der Waals surface area contributed by atoms with Crippen LogP contribution in [0.4, 0.5) is 4.79 Å². The third-order valence-corrected chi connectivity index (χ3v) is 14.1. The first-order valence-corrected chi connectivity index (χ1v) is 26.7. The van der Waals surface area contributed by atoms with Crippen LogP contribution in [0.25, 0.3) is 0 Å². The van der Waals surface area contributed by atoms with E-state index >= 15 is 0 Å². The molecule has 0 aromatic heterocycles. The van der Waals surface area contributed by atoms with E-state index in [0.717, 1.165) is 70.9 Å². The van der Waals surface area contributed by atoms with Gasteiger partial charge in [0.25, 0.3) is 0 Å². The summed E-state index contributed by atoms with van der Waals surface area (Å²) >= 11 is 0. The molecule has 0 radical (unpaired) electrons. The minimum Gasteiger partial charge on any atom is -0.465 e. The number of carbonyl (C=O) groups is 6. The lowest BCUT2D eigenvalue weighted by molar-refractivity contribution is -0.168. The van der Waals surface area contributed by atoms with Gasteiger partial charge in [0.15, 0.2) is 0 Å². The van der Waals surface area contributed by atoms with Crippen LogP contribution in [-0.4, -0.2) is 107 Å². The lowest BCUT2D eigenvalue weighted by Gasteiger charge is -2.56. The number of hydrogen-bond acceptors (Lipinski definition) is 13. The van der Waals surface area contributed by atoms with Crippen LogP contribution in [0.1, 0.15) is 187 Å². The Labute approximate surface area is 408 Å². The minimum atomic E-state index is -1.41. The number of nitrogens with zero attached hydrogens (tertiary/aromatic N) is 1. The highest BCUT2D eigenvalue weighted by atomic mass is 16.6. The van der Waals surface area contributed by atoms with Crippen molar-refractivity contribution in [3.8, 4) is 0 Å². The molecule has 1 saturated heterocycles. The number of hydrogen-bond donors (Lipinski definition) is 1. The third kappa shape index (κ3) is 23.6. The van der Waals surface area contributed by atoms with Crippen molar-refractivity contribution >= 4 is 35.9 Å². The zero-order chi connectivity index (χ0) is 48.7. The highest BCUT2D eigenvalue weighted by Crippen LogP contribution is 2.61. The molecule has 5 fully saturated rings. The van der Waals surface area contributed by atoms with Crippen LogP contribution in [0.2, 0.25) is 0 Å². The Morgan fingerprint density at radius 2 is 0.941 bits per heavy atom. The third-order valence-electron chi connectivity index (χ3n) is 14.1. The largest absolute Gasteiger partial charge is 0.465 e. The molecule has 14 nitrogen and oxygen atoms in total. The number of rotatable bonds is 37. The molecule has 4 saturated carbocycles. The molecule has 0 spiro atoms. The molecule has 4 bridgehead atoms. The first kappa shape index (κ1) is 56.6. The summed E-state index contributed by atoms with van der Waals surface area (Å²) in [5, 5.41) is 2.80. The van der Waals surface area contributed by atoms with Crippen molar-refractivity contribution in [1.29, 1.82) is 0 Å². The smallest absolute Gasteiger partial charge is 0.407 e. The van der Waals surface area contributed by atoms with Crippen molar-refractivity contribution in [2.24, 2.45) is 28.6 Å². The van der Waals surface area contributed by atoms with Crippen LogP contribution in [-0.2, 0) is 52.4 Å². The molecule has 5 rings (SSSR count). The van der Waals surface area contributed by atoms with Crippen molar-refractivity contribution in [1.82, 2.24) is 10.2 Å². The maximum absolute atomic E-state index is 13.8. The molecule has 0 aromatic rings.